The van der Waals surface area contributed by atoms with Crippen LogP contribution in [0.3, 0.4) is 0 Å². The molecular formula is C16H26FN3. The summed E-state index contributed by atoms with van der Waals surface area (Å²) >= 11 is 0. The number of benzene rings is 1. The van der Waals surface area contributed by atoms with E-state index in [1.165, 1.54) is 0 Å². The molecule has 2 rings (SSSR count). The number of nitrogens with zero attached hydrogens (tertiary/aromatic N) is 2. The standard InChI is InChI=1S/C16H26FN3/c1-3-20-10-7-14(8-11-20)19(2)16-5-4-13(6-9-18)12-15(16)17/h4-5,12,14H,3,6-11,18H2,1-2H3. The molecule has 0 saturated carbocycles. The number of piperidine rings is 1. The van der Waals surface area contributed by atoms with Crippen molar-refractivity contribution in [2.45, 2.75) is 32.2 Å². The minimum absolute atomic E-state index is 0.128. The number of anilines is 1. The molecule has 1 aromatic carbocycles. The van der Waals surface area contributed by atoms with Crippen LogP contribution in [0, 0.1) is 5.82 Å². The lowest BCUT2D eigenvalue weighted by atomic mass is 10.0. The predicted molar refractivity (Wildman–Crippen MR) is 82.7 cm³/mol. The van der Waals surface area contributed by atoms with Crippen molar-refractivity contribution in [1.29, 1.82) is 0 Å². The molecule has 0 aliphatic carbocycles. The van der Waals surface area contributed by atoms with Crippen molar-refractivity contribution in [3.8, 4) is 0 Å². The molecule has 1 aromatic rings. The van der Waals surface area contributed by atoms with E-state index < -0.39 is 0 Å². The summed E-state index contributed by atoms with van der Waals surface area (Å²) < 4.78 is 14.2. The highest BCUT2D eigenvalue weighted by Crippen LogP contribution is 2.25. The third-order valence-corrected chi connectivity index (χ3v) is 4.38. The van der Waals surface area contributed by atoms with Crippen LogP contribution in [-0.4, -0.2) is 44.2 Å². The van der Waals surface area contributed by atoms with Crippen LogP contribution in [-0.2, 0) is 6.42 Å². The van der Waals surface area contributed by atoms with E-state index in [9.17, 15) is 4.39 Å². The maximum atomic E-state index is 14.2. The number of rotatable bonds is 5. The first-order valence-electron chi connectivity index (χ1n) is 7.59. The Morgan fingerprint density at radius 3 is 2.60 bits per heavy atom. The fourth-order valence-corrected chi connectivity index (χ4v) is 2.98. The Labute approximate surface area is 121 Å². The highest BCUT2D eigenvalue weighted by Gasteiger charge is 2.23. The molecule has 1 aliphatic heterocycles. The van der Waals surface area contributed by atoms with Crippen molar-refractivity contribution in [2.24, 2.45) is 5.73 Å². The molecule has 20 heavy (non-hydrogen) atoms. The Balaban J connectivity index is 2.03. The number of halogens is 1. The van der Waals surface area contributed by atoms with Crippen molar-refractivity contribution >= 4 is 5.69 Å². The Morgan fingerprint density at radius 1 is 1.35 bits per heavy atom. The summed E-state index contributed by atoms with van der Waals surface area (Å²) in [4.78, 5) is 4.56. The molecule has 0 atom stereocenters. The third-order valence-electron chi connectivity index (χ3n) is 4.38. The van der Waals surface area contributed by atoms with Gasteiger partial charge in [0.15, 0.2) is 0 Å². The molecule has 0 bridgehead atoms. The van der Waals surface area contributed by atoms with Crippen LogP contribution < -0.4 is 10.6 Å². The van der Waals surface area contributed by atoms with Crippen molar-refractivity contribution in [3.63, 3.8) is 0 Å². The fraction of sp³-hybridized carbons (Fsp3) is 0.625. The minimum Gasteiger partial charge on any atom is -0.369 e. The van der Waals surface area contributed by atoms with E-state index in [1.807, 2.05) is 19.2 Å². The molecule has 1 fully saturated rings. The lowest BCUT2D eigenvalue weighted by molar-refractivity contribution is 0.220. The zero-order valence-electron chi connectivity index (χ0n) is 12.6. The van der Waals surface area contributed by atoms with Gasteiger partial charge in [0.1, 0.15) is 5.82 Å². The number of likely N-dealkylation sites (tertiary alicyclic amines) is 1. The molecule has 0 spiro atoms. The number of hydrogen-bond donors (Lipinski definition) is 1. The van der Waals surface area contributed by atoms with Gasteiger partial charge < -0.3 is 15.5 Å². The van der Waals surface area contributed by atoms with E-state index in [0.717, 1.165) is 44.5 Å². The largest absolute Gasteiger partial charge is 0.369 e. The molecule has 0 aromatic heterocycles. The molecule has 0 unspecified atom stereocenters. The van der Waals surface area contributed by atoms with Crippen LogP contribution in [0.1, 0.15) is 25.3 Å². The molecule has 1 heterocycles. The van der Waals surface area contributed by atoms with Crippen LogP contribution in [0.4, 0.5) is 10.1 Å². The van der Waals surface area contributed by atoms with Crippen LogP contribution in [0.2, 0.25) is 0 Å². The Kier molecular flexibility index (Phi) is 5.38. The molecule has 0 amide bonds. The molecule has 1 aliphatic rings. The predicted octanol–water partition coefficient (Wildman–Crippen LogP) is 2.25. The number of nitrogens with two attached hydrogens (primary N) is 1. The Hall–Kier alpha value is -1.13. The second-order valence-electron chi connectivity index (χ2n) is 5.60. The Morgan fingerprint density at radius 2 is 2.05 bits per heavy atom. The van der Waals surface area contributed by atoms with Gasteiger partial charge in [-0.3, -0.25) is 0 Å². The van der Waals surface area contributed by atoms with Crippen LogP contribution in [0.25, 0.3) is 0 Å². The van der Waals surface area contributed by atoms with E-state index in [4.69, 9.17) is 5.73 Å². The maximum absolute atomic E-state index is 14.2. The van der Waals surface area contributed by atoms with E-state index in [2.05, 4.69) is 16.7 Å². The highest BCUT2D eigenvalue weighted by molar-refractivity contribution is 5.49. The molecular weight excluding hydrogens is 253 g/mol. The van der Waals surface area contributed by atoms with E-state index in [-0.39, 0.29) is 5.82 Å². The van der Waals surface area contributed by atoms with E-state index >= 15 is 0 Å². The van der Waals surface area contributed by atoms with Crippen molar-refractivity contribution < 1.29 is 4.39 Å². The maximum Gasteiger partial charge on any atom is 0.146 e. The quantitative estimate of drug-likeness (QED) is 0.897. The van der Waals surface area contributed by atoms with Crippen LogP contribution in [0.5, 0.6) is 0 Å². The molecule has 0 radical (unpaired) electrons. The lowest BCUT2D eigenvalue weighted by Crippen LogP contribution is -2.43. The van der Waals surface area contributed by atoms with Crippen molar-refractivity contribution in [1.82, 2.24) is 4.90 Å². The summed E-state index contributed by atoms with van der Waals surface area (Å²) in [6, 6.07) is 5.95. The fourth-order valence-electron chi connectivity index (χ4n) is 2.98. The van der Waals surface area contributed by atoms with Crippen molar-refractivity contribution in [2.75, 3.05) is 38.1 Å². The molecule has 3 nitrogen and oxygen atoms in total. The second kappa shape index (κ2) is 7.04. The smallest absolute Gasteiger partial charge is 0.146 e. The minimum atomic E-state index is -0.128. The summed E-state index contributed by atoms with van der Waals surface area (Å²) in [6.07, 6.45) is 2.94. The zero-order chi connectivity index (χ0) is 14.5. The number of hydrogen-bond acceptors (Lipinski definition) is 3. The monoisotopic (exact) mass is 279 g/mol. The van der Waals surface area contributed by atoms with Gasteiger partial charge in [-0.1, -0.05) is 13.0 Å². The molecule has 112 valence electrons. The van der Waals surface area contributed by atoms with Gasteiger partial charge in [0.25, 0.3) is 0 Å². The average Bonchev–Trinajstić information content (AvgIpc) is 2.47. The van der Waals surface area contributed by atoms with Gasteiger partial charge in [0, 0.05) is 26.2 Å². The van der Waals surface area contributed by atoms with Crippen LogP contribution >= 0.6 is 0 Å². The lowest BCUT2D eigenvalue weighted by Gasteiger charge is -2.37. The third kappa shape index (κ3) is 3.49. The molecule has 2 N–H and O–H groups in total. The summed E-state index contributed by atoms with van der Waals surface area (Å²) in [7, 11) is 2.01. The van der Waals surface area contributed by atoms with Gasteiger partial charge in [-0.2, -0.15) is 0 Å². The van der Waals surface area contributed by atoms with Gasteiger partial charge in [-0.05, 0) is 50.0 Å². The van der Waals surface area contributed by atoms with Gasteiger partial charge in [0.05, 0.1) is 5.69 Å². The topological polar surface area (TPSA) is 32.5 Å². The first-order valence-corrected chi connectivity index (χ1v) is 7.59. The normalized spacial score (nSPS) is 17.4. The SMILES string of the molecule is CCN1CCC(N(C)c2ccc(CCN)cc2F)CC1. The molecule has 4 heteroatoms. The van der Waals surface area contributed by atoms with E-state index in [0.29, 0.717) is 18.3 Å². The van der Waals surface area contributed by atoms with Crippen LogP contribution in [0.15, 0.2) is 18.2 Å². The van der Waals surface area contributed by atoms with Gasteiger partial charge >= 0.3 is 0 Å². The van der Waals surface area contributed by atoms with Gasteiger partial charge in [-0.25, -0.2) is 4.39 Å². The van der Waals surface area contributed by atoms with Gasteiger partial charge in [-0.15, -0.1) is 0 Å². The van der Waals surface area contributed by atoms with E-state index in [1.54, 1.807) is 6.07 Å². The molecule has 1 saturated heterocycles. The first kappa shape index (κ1) is 15.3. The first-order chi connectivity index (χ1) is 9.65. The summed E-state index contributed by atoms with van der Waals surface area (Å²) in [6.45, 7) is 6.08. The second-order valence-corrected chi connectivity index (χ2v) is 5.60. The highest BCUT2D eigenvalue weighted by atomic mass is 19.1. The average molecular weight is 279 g/mol. The zero-order valence-corrected chi connectivity index (χ0v) is 12.6. The summed E-state index contributed by atoms with van der Waals surface area (Å²) in [5.41, 5.74) is 7.20. The Bertz CT molecular complexity index is 428. The van der Waals surface area contributed by atoms with Gasteiger partial charge in [0.2, 0.25) is 0 Å². The summed E-state index contributed by atoms with van der Waals surface area (Å²) in [5.74, 6) is -0.128. The summed E-state index contributed by atoms with van der Waals surface area (Å²) in [5, 5.41) is 0. The van der Waals surface area contributed by atoms with Crippen molar-refractivity contribution in [3.05, 3.63) is 29.6 Å².